The summed E-state index contributed by atoms with van der Waals surface area (Å²) in [7, 11) is 1.31. The molecule has 0 radical (unpaired) electrons. The third kappa shape index (κ3) is 1.49. The minimum absolute atomic E-state index is 0.0177. The number of ketones is 1. The van der Waals surface area contributed by atoms with Gasteiger partial charge in [-0.05, 0) is 24.3 Å². The van der Waals surface area contributed by atoms with Gasteiger partial charge in [0.1, 0.15) is 0 Å². The second-order valence-electron chi connectivity index (χ2n) is 6.72. The lowest BCUT2D eigenvalue weighted by Crippen LogP contribution is -2.51. The van der Waals surface area contributed by atoms with Crippen LogP contribution >= 0.6 is 0 Å². The molecule has 0 unspecified atom stereocenters. The lowest BCUT2D eigenvalue weighted by Gasteiger charge is -2.47. The number of esters is 1. The van der Waals surface area contributed by atoms with Gasteiger partial charge in [-0.1, -0.05) is 25.8 Å². The van der Waals surface area contributed by atoms with E-state index in [9.17, 15) is 9.59 Å². The van der Waals surface area contributed by atoms with Crippen molar-refractivity contribution >= 4 is 11.8 Å². The molecule has 1 saturated heterocycles. The van der Waals surface area contributed by atoms with Crippen LogP contribution in [0.3, 0.4) is 0 Å². The molecule has 4 heteroatoms. The normalized spacial score (nSPS) is 39.5. The molecule has 1 saturated carbocycles. The minimum atomic E-state index is -1.37. The molecule has 2 atom stereocenters. The molecule has 0 aromatic heterocycles. The molecule has 0 N–H and O–H groups in total. The summed E-state index contributed by atoms with van der Waals surface area (Å²) >= 11 is 0. The molecular weight excluding hydrogens is 244 g/mol. The fourth-order valence-electron chi connectivity index (χ4n) is 4.18. The molecule has 2 fully saturated rings. The van der Waals surface area contributed by atoms with Crippen molar-refractivity contribution in [1.82, 2.24) is 0 Å². The summed E-state index contributed by atoms with van der Waals surface area (Å²) < 4.78 is 10.5. The number of methoxy groups -OCH3 is 1. The number of hydrogen-bond acceptors (Lipinski definition) is 4. The van der Waals surface area contributed by atoms with Gasteiger partial charge >= 0.3 is 5.97 Å². The van der Waals surface area contributed by atoms with Crippen molar-refractivity contribution in [2.75, 3.05) is 13.7 Å². The van der Waals surface area contributed by atoms with Crippen LogP contribution in [0.5, 0.6) is 0 Å². The fraction of sp³-hybridized carbons (Fsp3) is 0.733. The summed E-state index contributed by atoms with van der Waals surface area (Å²) in [6, 6.07) is 0. The van der Waals surface area contributed by atoms with Gasteiger partial charge in [0.2, 0.25) is 5.60 Å². The number of hydrogen-bond donors (Lipinski definition) is 0. The Balaban J connectivity index is 2.11. The van der Waals surface area contributed by atoms with Gasteiger partial charge in [0.05, 0.1) is 13.7 Å². The maximum Gasteiger partial charge on any atom is 0.346 e. The summed E-state index contributed by atoms with van der Waals surface area (Å²) in [6.07, 6.45) is 5.32. The largest absolute Gasteiger partial charge is 0.467 e. The second kappa shape index (κ2) is 3.69. The first-order valence-corrected chi connectivity index (χ1v) is 6.86. The third-order valence-electron chi connectivity index (χ3n) is 5.13. The second-order valence-corrected chi connectivity index (χ2v) is 6.72. The smallest absolute Gasteiger partial charge is 0.346 e. The maximum absolute atomic E-state index is 12.4. The van der Waals surface area contributed by atoms with Gasteiger partial charge in [0.15, 0.2) is 5.78 Å². The Labute approximate surface area is 113 Å². The van der Waals surface area contributed by atoms with E-state index in [0.717, 1.165) is 19.3 Å². The van der Waals surface area contributed by atoms with Gasteiger partial charge in [-0.15, -0.1) is 0 Å². The first-order chi connectivity index (χ1) is 8.86. The van der Waals surface area contributed by atoms with Crippen LogP contribution in [0.4, 0.5) is 0 Å². The molecule has 2 bridgehead atoms. The van der Waals surface area contributed by atoms with Crippen molar-refractivity contribution in [1.29, 1.82) is 0 Å². The zero-order valence-corrected chi connectivity index (χ0v) is 11.7. The number of carbonyl (C=O) groups excluding carboxylic acids is 2. The van der Waals surface area contributed by atoms with Gasteiger partial charge in [0, 0.05) is 11.8 Å². The molecule has 104 valence electrons. The Morgan fingerprint density at radius 3 is 2.79 bits per heavy atom. The van der Waals surface area contributed by atoms with Crippen LogP contribution in [0.1, 0.15) is 39.5 Å². The lowest BCUT2D eigenvalue weighted by atomic mass is 9.55. The van der Waals surface area contributed by atoms with E-state index in [0.29, 0.717) is 13.0 Å². The average molecular weight is 264 g/mol. The Morgan fingerprint density at radius 1 is 1.37 bits per heavy atom. The number of ether oxygens (including phenoxy) is 2. The van der Waals surface area contributed by atoms with Crippen molar-refractivity contribution in [2.24, 2.45) is 10.8 Å². The van der Waals surface area contributed by atoms with Crippen molar-refractivity contribution in [3.8, 4) is 0 Å². The van der Waals surface area contributed by atoms with E-state index in [-0.39, 0.29) is 16.6 Å². The van der Waals surface area contributed by atoms with Crippen LogP contribution in [-0.4, -0.2) is 31.1 Å². The Hall–Kier alpha value is -1.16. The Morgan fingerprint density at radius 2 is 2.11 bits per heavy atom. The molecule has 2 aliphatic carbocycles. The maximum atomic E-state index is 12.4. The van der Waals surface area contributed by atoms with Gasteiger partial charge in [0.25, 0.3) is 0 Å². The van der Waals surface area contributed by atoms with Crippen LogP contribution in [0.2, 0.25) is 0 Å². The quantitative estimate of drug-likeness (QED) is 0.537. The summed E-state index contributed by atoms with van der Waals surface area (Å²) in [5, 5.41) is 0. The predicted molar refractivity (Wildman–Crippen MR) is 68.5 cm³/mol. The molecule has 0 aromatic rings. The average Bonchev–Trinajstić information content (AvgIpc) is 2.69. The van der Waals surface area contributed by atoms with Crippen LogP contribution in [0.15, 0.2) is 11.6 Å². The highest BCUT2D eigenvalue weighted by Crippen LogP contribution is 2.60. The summed E-state index contributed by atoms with van der Waals surface area (Å²) in [4.78, 5) is 24.4. The predicted octanol–water partition coefficient (Wildman–Crippen LogP) is 2.02. The van der Waals surface area contributed by atoms with Crippen LogP contribution < -0.4 is 0 Å². The summed E-state index contributed by atoms with van der Waals surface area (Å²) in [5.41, 5.74) is -0.312. The van der Waals surface area contributed by atoms with Crippen molar-refractivity contribution in [2.45, 2.75) is 45.1 Å². The first kappa shape index (κ1) is 12.9. The molecule has 1 spiro atoms. The highest BCUT2D eigenvalue weighted by molar-refractivity contribution is 6.14. The molecule has 19 heavy (non-hydrogen) atoms. The SMILES string of the molecule is COC(=O)[C@]12C[C@@]3(CCCC(C)(C)C3=CC1=O)CO2. The van der Waals surface area contributed by atoms with E-state index >= 15 is 0 Å². The molecule has 0 aromatic carbocycles. The monoisotopic (exact) mass is 264 g/mol. The van der Waals surface area contributed by atoms with Crippen LogP contribution in [0.25, 0.3) is 0 Å². The van der Waals surface area contributed by atoms with E-state index in [1.165, 1.54) is 12.7 Å². The fourth-order valence-corrected chi connectivity index (χ4v) is 4.18. The zero-order chi connectivity index (χ0) is 13.9. The van der Waals surface area contributed by atoms with E-state index < -0.39 is 11.6 Å². The summed E-state index contributed by atoms with van der Waals surface area (Å²) in [5.74, 6) is -0.787. The molecule has 1 aliphatic heterocycles. The third-order valence-corrected chi connectivity index (χ3v) is 5.13. The molecule has 3 rings (SSSR count). The van der Waals surface area contributed by atoms with Crippen molar-refractivity contribution in [3.05, 3.63) is 11.6 Å². The lowest BCUT2D eigenvalue weighted by molar-refractivity contribution is -0.167. The molecule has 4 nitrogen and oxygen atoms in total. The van der Waals surface area contributed by atoms with Gasteiger partial charge < -0.3 is 9.47 Å². The Kier molecular flexibility index (Phi) is 2.50. The van der Waals surface area contributed by atoms with E-state index in [1.54, 1.807) is 6.08 Å². The standard InChI is InChI=1S/C15H20O4/c1-13(2)5-4-6-14-8-15(19-9-14,12(17)18-3)11(16)7-10(13)14/h7H,4-6,8-9H2,1-3H3/t14-,15-/m0/s1. The minimum Gasteiger partial charge on any atom is -0.467 e. The topological polar surface area (TPSA) is 52.6 Å². The number of carbonyl (C=O) groups is 2. The van der Waals surface area contributed by atoms with E-state index in [2.05, 4.69) is 13.8 Å². The van der Waals surface area contributed by atoms with Crippen LogP contribution in [0, 0.1) is 10.8 Å². The zero-order valence-electron chi connectivity index (χ0n) is 11.7. The number of rotatable bonds is 1. The molecular formula is C15H20O4. The van der Waals surface area contributed by atoms with E-state index in [1.807, 2.05) is 0 Å². The van der Waals surface area contributed by atoms with Crippen molar-refractivity contribution in [3.63, 3.8) is 0 Å². The molecule has 3 aliphatic rings. The van der Waals surface area contributed by atoms with Gasteiger partial charge in [-0.25, -0.2) is 4.79 Å². The summed E-state index contributed by atoms with van der Waals surface area (Å²) in [6.45, 7) is 4.82. The first-order valence-electron chi connectivity index (χ1n) is 6.86. The number of fused-ring (bicyclic) bond motifs is 1. The highest BCUT2D eigenvalue weighted by Gasteiger charge is 2.64. The van der Waals surface area contributed by atoms with Gasteiger partial charge in [-0.3, -0.25) is 4.79 Å². The highest BCUT2D eigenvalue weighted by atomic mass is 16.6. The van der Waals surface area contributed by atoms with Crippen LogP contribution in [-0.2, 0) is 19.1 Å². The van der Waals surface area contributed by atoms with E-state index in [4.69, 9.17) is 9.47 Å². The van der Waals surface area contributed by atoms with Gasteiger partial charge in [-0.2, -0.15) is 0 Å². The van der Waals surface area contributed by atoms with Crippen molar-refractivity contribution < 1.29 is 19.1 Å². The molecule has 0 amide bonds. The molecule has 1 heterocycles. The Bertz CT molecular complexity index is 490.